The molecule has 2 aromatic carbocycles. The van der Waals surface area contributed by atoms with E-state index in [1.54, 1.807) is 12.7 Å². The Morgan fingerprint density at radius 3 is 2.74 bits per heavy atom. The highest BCUT2D eigenvalue weighted by molar-refractivity contribution is 5.91. The first-order valence-electron chi connectivity index (χ1n) is 12.2. The molecule has 0 amide bonds. The average Bonchev–Trinajstić information content (AvgIpc) is 3.64. The number of ether oxygens (including phenoxy) is 1. The monoisotopic (exact) mass is 458 g/mol. The average molecular weight is 459 g/mol. The number of fused-ring (bicyclic) bond motifs is 2. The Morgan fingerprint density at radius 1 is 0.971 bits per heavy atom. The third-order valence-corrected chi connectivity index (χ3v) is 7.34. The number of aromatic amines is 1. The van der Waals surface area contributed by atoms with Gasteiger partial charge in [-0.05, 0) is 49.2 Å². The first kappa shape index (κ1) is 21.3. The number of nitrogens with zero attached hydrogens (tertiary/aromatic N) is 5. The maximum Gasteiger partial charge on any atom is 0.162 e. The third kappa shape index (κ3) is 3.86. The molecule has 2 aliphatic heterocycles. The Morgan fingerprint density at radius 2 is 1.82 bits per heavy atom. The summed E-state index contributed by atoms with van der Waals surface area (Å²) in [6.07, 6.45) is 7.65. The van der Waals surface area contributed by atoms with Crippen LogP contribution in [0.15, 0.2) is 49.1 Å². The molecule has 0 aliphatic carbocycles. The zero-order chi connectivity index (χ0) is 22.9. The topological polar surface area (TPSA) is 90.4 Å². The summed E-state index contributed by atoms with van der Waals surface area (Å²) < 4.78 is 6.45. The van der Waals surface area contributed by atoms with Crippen LogP contribution in [0.2, 0.25) is 0 Å². The molecule has 34 heavy (non-hydrogen) atoms. The number of aliphatic hydroxyl groups is 1. The van der Waals surface area contributed by atoms with E-state index in [2.05, 4.69) is 66.1 Å². The number of aliphatic hydroxyl groups excluding tert-OH is 1. The molecule has 2 N–H and O–H groups in total. The number of imidazole rings is 1. The van der Waals surface area contributed by atoms with Crippen LogP contribution in [-0.4, -0.2) is 68.3 Å². The Bertz CT molecular complexity index is 1290. The zero-order valence-corrected chi connectivity index (χ0v) is 19.2. The molecule has 2 aromatic heterocycles. The van der Waals surface area contributed by atoms with Crippen LogP contribution in [0.3, 0.4) is 0 Å². The molecule has 8 nitrogen and oxygen atoms in total. The minimum atomic E-state index is 0.230. The number of hydrogen-bond acceptors (Lipinski definition) is 7. The van der Waals surface area contributed by atoms with E-state index in [0.29, 0.717) is 6.61 Å². The van der Waals surface area contributed by atoms with E-state index in [9.17, 15) is 5.11 Å². The standard InChI is InChI=1S/C26H30N6O2/c33-14-19-5-3-11-31(19)13-18-9-10-23(22-8-2-1-7-21(18)22)34-15-20-6-4-12-32(20)26-24-25(28-16-27-24)29-17-30-26/h1-2,7-10,16-17,19-20,33H,3-6,11-15H2,(H,27,28,29,30)/t19-,20-/m1/s1. The van der Waals surface area contributed by atoms with Crippen molar-refractivity contribution in [3.05, 3.63) is 54.6 Å². The number of aromatic nitrogens is 4. The molecule has 8 heteroatoms. The summed E-state index contributed by atoms with van der Waals surface area (Å²) in [5.41, 5.74) is 2.86. The van der Waals surface area contributed by atoms with E-state index in [1.807, 2.05) is 0 Å². The summed E-state index contributed by atoms with van der Waals surface area (Å²) in [6.45, 7) is 3.66. The van der Waals surface area contributed by atoms with Gasteiger partial charge in [-0.25, -0.2) is 15.0 Å². The highest BCUT2D eigenvalue weighted by Gasteiger charge is 2.29. The second-order valence-electron chi connectivity index (χ2n) is 9.31. The molecular formula is C26H30N6O2. The second kappa shape index (κ2) is 9.19. The van der Waals surface area contributed by atoms with Crippen molar-refractivity contribution >= 4 is 27.8 Å². The zero-order valence-electron chi connectivity index (χ0n) is 19.2. The summed E-state index contributed by atoms with van der Waals surface area (Å²) >= 11 is 0. The van der Waals surface area contributed by atoms with Crippen molar-refractivity contribution in [3.63, 3.8) is 0 Å². The second-order valence-corrected chi connectivity index (χ2v) is 9.31. The number of nitrogens with one attached hydrogen (secondary N) is 1. The van der Waals surface area contributed by atoms with Gasteiger partial charge in [0.05, 0.1) is 19.0 Å². The van der Waals surface area contributed by atoms with Gasteiger partial charge in [-0.2, -0.15) is 0 Å². The van der Waals surface area contributed by atoms with Gasteiger partial charge in [0, 0.05) is 24.5 Å². The van der Waals surface area contributed by atoms with Gasteiger partial charge in [-0.1, -0.05) is 30.3 Å². The van der Waals surface area contributed by atoms with E-state index in [4.69, 9.17) is 4.74 Å². The molecule has 176 valence electrons. The third-order valence-electron chi connectivity index (χ3n) is 7.34. The molecular weight excluding hydrogens is 428 g/mol. The number of likely N-dealkylation sites (tertiary alicyclic amines) is 1. The molecule has 6 rings (SSSR count). The van der Waals surface area contributed by atoms with Gasteiger partial charge < -0.3 is 19.7 Å². The van der Waals surface area contributed by atoms with Crippen LogP contribution in [0.5, 0.6) is 5.75 Å². The lowest BCUT2D eigenvalue weighted by atomic mass is 10.0. The van der Waals surface area contributed by atoms with Crippen LogP contribution in [0.1, 0.15) is 31.2 Å². The molecule has 0 spiro atoms. The minimum Gasteiger partial charge on any atom is -0.491 e. The minimum absolute atomic E-state index is 0.230. The molecule has 0 radical (unpaired) electrons. The fraction of sp³-hybridized carbons (Fsp3) is 0.423. The number of benzene rings is 2. The molecule has 0 saturated carbocycles. The molecule has 4 aromatic rings. The highest BCUT2D eigenvalue weighted by atomic mass is 16.5. The summed E-state index contributed by atoms with van der Waals surface area (Å²) in [7, 11) is 0. The SMILES string of the molecule is OC[C@H]1CCCN1Cc1ccc(OC[C@H]2CCCN2c2ncnc3[nH]cnc23)c2ccccc12. The molecule has 0 bridgehead atoms. The maximum absolute atomic E-state index is 9.72. The molecule has 2 saturated heterocycles. The number of hydrogen-bond donors (Lipinski definition) is 2. The summed E-state index contributed by atoms with van der Waals surface area (Å²) in [6, 6.07) is 13.3. The molecule has 4 heterocycles. The van der Waals surface area contributed by atoms with Gasteiger partial charge in [0.1, 0.15) is 24.2 Å². The maximum atomic E-state index is 9.72. The normalized spacial score (nSPS) is 21.1. The number of H-pyrrole nitrogens is 1. The van der Waals surface area contributed by atoms with Crippen LogP contribution in [0.25, 0.3) is 21.9 Å². The van der Waals surface area contributed by atoms with Gasteiger partial charge in [-0.15, -0.1) is 0 Å². The van der Waals surface area contributed by atoms with Crippen LogP contribution in [0, 0.1) is 0 Å². The lowest BCUT2D eigenvalue weighted by Gasteiger charge is -2.26. The molecule has 2 fully saturated rings. The number of rotatable bonds is 7. The van der Waals surface area contributed by atoms with E-state index < -0.39 is 0 Å². The Kier molecular flexibility index (Phi) is 5.76. The quantitative estimate of drug-likeness (QED) is 0.438. The van der Waals surface area contributed by atoms with Crippen LogP contribution in [0.4, 0.5) is 5.82 Å². The molecule has 2 atom stereocenters. The largest absolute Gasteiger partial charge is 0.491 e. The van der Waals surface area contributed by atoms with Crippen molar-refractivity contribution in [2.75, 3.05) is 31.2 Å². The predicted octanol–water partition coefficient (Wildman–Crippen LogP) is 3.51. The summed E-state index contributed by atoms with van der Waals surface area (Å²) in [4.78, 5) is 21.0. The lowest BCUT2D eigenvalue weighted by molar-refractivity contribution is 0.154. The predicted molar refractivity (Wildman–Crippen MR) is 132 cm³/mol. The lowest BCUT2D eigenvalue weighted by Crippen LogP contribution is -2.35. The highest BCUT2D eigenvalue weighted by Crippen LogP contribution is 2.33. The van der Waals surface area contributed by atoms with Gasteiger partial charge >= 0.3 is 0 Å². The van der Waals surface area contributed by atoms with E-state index >= 15 is 0 Å². The van der Waals surface area contributed by atoms with Crippen LogP contribution in [-0.2, 0) is 6.54 Å². The van der Waals surface area contributed by atoms with Gasteiger partial charge in [0.25, 0.3) is 0 Å². The van der Waals surface area contributed by atoms with E-state index in [0.717, 1.165) is 73.4 Å². The van der Waals surface area contributed by atoms with Crippen molar-refractivity contribution in [1.82, 2.24) is 24.8 Å². The molecule has 0 unspecified atom stereocenters. The van der Waals surface area contributed by atoms with E-state index in [-0.39, 0.29) is 18.7 Å². The fourth-order valence-corrected chi connectivity index (χ4v) is 5.56. The first-order chi connectivity index (χ1) is 16.8. The van der Waals surface area contributed by atoms with Crippen molar-refractivity contribution in [2.45, 2.75) is 44.3 Å². The summed E-state index contributed by atoms with van der Waals surface area (Å²) in [5.74, 6) is 1.79. The Balaban J connectivity index is 1.22. The van der Waals surface area contributed by atoms with Crippen molar-refractivity contribution in [1.29, 1.82) is 0 Å². The van der Waals surface area contributed by atoms with E-state index in [1.165, 1.54) is 10.9 Å². The van der Waals surface area contributed by atoms with Crippen molar-refractivity contribution < 1.29 is 9.84 Å². The smallest absolute Gasteiger partial charge is 0.162 e. The number of anilines is 1. The van der Waals surface area contributed by atoms with Gasteiger partial charge in [0.2, 0.25) is 0 Å². The van der Waals surface area contributed by atoms with Crippen LogP contribution >= 0.6 is 0 Å². The summed E-state index contributed by atoms with van der Waals surface area (Å²) in [5, 5.41) is 12.1. The van der Waals surface area contributed by atoms with Crippen molar-refractivity contribution in [2.24, 2.45) is 0 Å². The Labute approximate surface area is 198 Å². The molecule has 2 aliphatic rings. The fourth-order valence-electron chi connectivity index (χ4n) is 5.56. The van der Waals surface area contributed by atoms with Gasteiger partial charge in [0.15, 0.2) is 11.5 Å². The van der Waals surface area contributed by atoms with Crippen molar-refractivity contribution in [3.8, 4) is 5.75 Å². The van der Waals surface area contributed by atoms with Crippen LogP contribution < -0.4 is 9.64 Å². The van der Waals surface area contributed by atoms with Gasteiger partial charge in [-0.3, -0.25) is 4.90 Å². The Hall–Kier alpha value is -3.23. The first-order valence-corrected chi connectivity index (χ1v) is 12.2.